The maximum absolute atomic E-state index is 6.19. The van der Waals surface area contributed by atoms with E-state index in [0.717, 1.165) is 22.0 Å². The van der Waals surface area contributed by atoms with Crippen LogP contribution in [-0.2, 0) is 0 Å². The summed E-state index contributed by atoms with van der Waals surface area (Å²) in [5.74, 6) is 1.06. The van der Waals surface area contributed by atoms with E-state index in [1.807, 2.05) is 30.3 Å². The van der Waals surface area contributed by atoms with Crippen molar-refractivity contribution in [3.63, 3.8) is 0 Å². The first kappa shape index (κ1) is 19.9. The van der Waals surface area contributed by atoms with E-state index in [1.54, 1.807) is 36.5 Å². The SMILES string of the molecule is Clc1ccc(/C=N\Nc2nc(-c3ccc(Cl)c(Cl)c3)nc3ccccc23)c(Cl)c1. The lowest BCUT2D eigenvalue weighted by Crippen LogP contribution is -1.99. The van der Waals surface area contributed by atoms with Crippen molar-refractivity contribution in [3.8, 4) is 11.4 Å². The monoisotopic (exact) mass is 460 g/mol. The summed E-state index contributed by atoms with van der Waals surface area (Å²) < 4.78 is 0. The molecule has 29 heavy (non-hydrogen) atoms. The zero-order valence-corrected chi connectivity index (χ0v) is 17.7. The van der Waals surface area contributed by atoms with Gasteiger partial charge in [-0.2, -0.15) is 5.10 Å². The molecule has 0 unspecified atom stereocenters. The highest BCUT2D eigenvalue weighted by molar-refractivity contribution is 6.42. The van der Waals surface area contributed by atoms with Crippen LogP contribution in [0.3, 0.4) is 0 Å². The van der Waals surface area contributed by atoms with Crippen LogP contribution in [0.4, 0.5) is 5.82 Å². The maximum atomic E-state index is 6.19. The van der Waals surface area contributed by atoms with E-state index in [2.05, 4.69) is 20.5 Å². The zero-order chi connectivity index (χ0) is 20.4. The number of halogens is 4. The standard InChI is InChI=1S/C21H12Cl4N4/c22-14-7-5-13(17(24)10-14)11-26-29-21-15-3-1-2-4-19(15)27-20(28-21)12-6-8-16(23)18(25)9-12/h1-11H,(H,27,28,29)/b26-11-. The van der Waals surface area contributed by atoms with E-state index in [1.165, 1.54) is 0 Å². The third-order valence-electron chi connectivity index (χ3n) is 4.12. The van der Waals surface area contributed by atoms with Gasteiger partial charge >= 0.3 is 0 Å². The van der Waals surface area contributed by atoms with Gasteiger partial charge in [-0.1, -0.05) is 64.6 Å². The Labute approximate surface area is 187 Å². The van der Waals surface area contributed by atoms with Gasteiger partial charge in [0.1, 0.15) is 0 Å². The molecule has 1 heterocycles. The predicted octanol–water partition coefficient (Wildman–Crippen LogP) is 7.36. The number of nitrogens with zero attached hydrogens (tertiary/aromatic N) is 3. The van der Waals surface area contributed by atoms with Gasteiger partial charge in [0.2, 0.25) is 0 Å². The highest BCUT2D eigenvalue weighted by Crippen LogP contribution is 2.29. The lowest BCUT2D eigenvalue weighted by atomic mass is 10.2. The molecule has 4 rings (SSSR count). The van der Waals surface area contributed by atoms with Gasteiger partial charge in [-0.3, -0.25) is 5.43 Å². The second kappa shape index (κ2) is 8.56. The van der Waals surface area contributed by atoms with Gasteiger partial charge in [-0.25, -0.2) is 9.97 Å². The lowest BCUT2D eigenvalue weighted by Gasteiger charge is -2.09. The van der Waals surface area contributed by atoms with Crippen LogP contribution in [0.1, 0.15) is 5.56 Å². The average Bonchev–Trinajstić information content (AvgIpc) is 2.71. The third-order valence-corrected chi connectivity index (χ3v) is 5.42. The van der Waals surface area contributed by atoms with Crippen LogP contribution >= 0.6 is 46.4 Å². The number of hydrogen-bond donors (Lipinski definition) is 1. The molecule has 4 aromatic rings. The zero-order valence-electron chi connectivity index (χ0n) is 14.7. The van der Waals surface area contributed by atoms with E-state index >= 15 is 0 Å². The Morgan fingerprint density at radius 2 is 1.62 bits per heavy atom. The van der Waals surface area contributed by atoms with Crippen LogP contribution in [0.25, 0.3) is 22.3 Å². The molecule has 0 aliphatic heterocycles. The fraction of sp³-hybridized carbons (Fsp3) is 0. The Hall–Kier alpha value is -2.37. The van der Waals surface area contributed by atoms with E-state index < -0.39 is 0 Å². The Kier molecular flexibility index (Phi) is 5.88. The summed E-state index contributed by atoms with van der Waals surface area (Å²) in [5, 5.41) is 7.09. The van der Waals surface area contributed by atoms with Crippen molar-refractivity contribution in [2.24, 2.45) is 5.10 Å². The summed E-state index contributed by atoms with van der Waals surface area (Å²) in [5.41, 5.74) is 5.23. The first-order valence-corrected chi connectivity index (χ1v) is 9.99. The topological polar surface area (TPSA) is 50.2 Å². The number of nitrogens with one attached hydrogen (secondary N) is 1. The summed E-state index contributed by atoms with van der Waals surface area (Å²) in [7, 11) is 0. The number of anilines is 1. The van der Waals surface area contributed by atoms with E-state index in [0.29, 0.717) is 31.7 Å². The number of hydrogen-bond acceptors (Lipinski definition) is 4. The molecule has 1 N–H and O–H groups in total. The molecule has 0 atom stereocenters. The van der Waals surface area contributed by atoms with Crippen LogP contribution in [0.2, 0.25) is 20.1 Å². The largest absolute Gasteiger partial charge is 0.261 e. The van der Waals surface area contributed by atoms with E-state index in [4.69, 9.17) is 46.4 Å². The van der Waals surface area contributed by atoms with Crippen molar-refractivity contribution in [1.82, 2.24) is 9.97 Å². The molecule has 0 aliphatic carbocycles. The molecule has 4 nitrogen and oxygen atoms in total. The highest BCUT2D eigenvalue weighted by Gasteiger charge is 2.10. The van der Waals surface area contributed by atoms with Crippen molar-refractivity contribution in [3.05, 3.63) is 86.3 Å². The van der Waals surface area contributed by atoms with E-state index in [-0.39, 0.29) is 0 Å². The number of benzene rings is 3. The number of rotatable bonds is 4. The van der Waals surface area contributed by atoms with Crippen molar-refractivity contribution in [2.75, 3.05) is 5.43 Å². The number of fused-ring (bicyclic) bond motifs is 1. The fourth-order valence-electron chi connectivity index (χ4n) is 2.70. The molecule has 3 aromatic carbocycles. The first-order valence-electron chi connectivity index (χ1n) is 8.47. The van der Waals surface area contributed by atoms with Gasteiger partial charge in [-0.15, -0.1) is 0 Å². The summed E-state index contributed by atoms with van der Waals surface area (Å²) >= 11 is 24.3. The predicted molar refractivity (Wildman–Crippen MR) is 123 cm³/mol. The molecule has 0 bridgehead atoms. The van der Waals surface area contributed by atoms with Crippen molar-refractivity contribution in [1.29, 1.82) is 0 Å². The second-order valence-corrected chi connectivity index (χ2v) is 7.74. The van der Waals surface area contributed by atoms with Crippen molar-refractivity contribution >= 4 is 69.3 Å². The summed E-state index contributed by atoms with van der Waals surface area (Å²) in [6.45, 7) is 0. The van der Waals surface area contributed by atoms with Crippen LogP contribution < -0.4 is 5.43 Å². The van der Waals surface area contributed by atoms with Crippen LogP contribution in [0.15, 0.2) is 65.8 Å². The second-order valence-electron chi connectivity index (χ2n) is 6.08. The minimum Gasteiger partial charge on any atom is -0.261 e. The normalized spacial score (nSPS) is 11.3. The molecule has 0 radical (unpaired) electrons. The number of aromatic nitrogens is 2. The average molecular weight is 462 g/mol. The van der Waals surface area contributed by atoms with Crippen LogP contribution in [-0.4, -0.2) is 16.2 Å². The Balaban J connectivity index is 1.72. The molecule has 0 saturated heterocycles. The number of para-hydroxylation sites is 1. The first-order chi connectivity index (χ1) is 14.0. The molecule has 144 valence electrons. The Morgan fingerprint density at radius 1 is 0.793 bits per heavy atom. The summed E-state index contributed by atoms with van der Waals surface area (Å²) in [6, 6.07) is 18.1. The van der Waals surface area contributed by atoms with Crippen LogP contribution in [0, 0.1) is 0 Å². The smallest absolute Gasteiger partial charge is 0.162 e. The molecule has 0 fully saturated rings. The van der Waals surface area contributed by atoms with Crippen molar-refractivity contribution < 1.29 is 0 Å². The quantitative estimate of drug-likeness (QED) is 0.255. The Bertz CT molecular complexity index is 1240. The minimum absolute atomic E-state index is 0.436. The van der Waals surface area contributed by atoms with E-state index in [9.17, 15) is 0 Å². The molecule has 8 heteroatoms. The molecule has 0 aliphatic rings. The third kappa shape index (κ3) is 4.46. The van der Waals surface area contributed by atoms with Gasteiger partial charge in [0, 0.05) is 21.5 Å². The highest BCUT2D eigenvalue weighted by atomic mass is 35.5. The summed E-state index contributed by atoms with van der Waals surface area (Å²) in [6.07, 6.45) is 1.61. The van der Waals surface area contributed by atoms with Crippen molar-refractivity contribution in [2.45, 2.75) is 0 Å². The lowest BCUT2D eigenvalue weighted by molar-refractivity contribution is 1.19. The summed E-state index contributed by atoms with van der Waals surface area (Å²) in [4.78, 5) is 9.24. The van der Waals surface area contributed by atoms with Gasteiger partial charge in [0.25, 0.3) is 0 Å². The molecular formula is C21H12Cl4N4. The number of hydrazone groups is 1. The molecule has 0 amide bonds. The Morgan fingerprint density at radius 3 is 2.41 bits per heavy atom. The molecule has 0 saturated carbocycles. The molecular weight excluding hydrogens is 450 g/mol. The van der Waals surface area contributed by atoms with Gasteiger partial charge in [-0.05, 0) is 42.5 Å². The fourth-order valence-corrected chi connectivity index (χ4v) is 3.45. The molecule has 1 aromatic heterocycles. The maximum Gasteiger partial charge on any atom is 0.162 e. The molecule has 0 spiro atoms. The van der Waals surface area contributed by atoms with Gasteiger partial charge in [0.05, 0.1) is 26.8 Å². The van der Waals surface area contributed by atoms with Gasteiger partial charge in [0.15, 0.2) is 11.6 Å². The minimum atomic E-state index is 0.436. The van der Waals surface area contributed by atoms with Crippen LogP contribution in [0.5, 0.6) is 0 Å². The van der Waals surface area contributed by atoms with Gasteiger partial charge < -0.3 is 0 Å².